The molecule has 1 aliphatic heterocycles. The lowest BCUT2D eigenvalue weighted by Crippen LogP contribution is -2.49. The number of piperazine rings is 1. The van der Waals surface area contributed by atoms with Gasteiger partial charge in [0, 0.05) is 61.4 Å². The molecule has 3 aromatic carbocycles. The van der Waals surface area contributed by atoms with Gasteiger partial charge in [-0.25, -0.2) is 23.5 Å². The van der Waals surface area contributed by atoms with E-state index in [0.29, 0.717) is 12.5 Å². The second-order valence-electron chi connectivity index (χ2n) is 10.4. The summed E-state index contributed by atoms with van der Waals surface area (Å²) in [5.74, 6) is 0.594. The van der Waals surface area contributed by atoms with Crippen LogP contribution in [0.4, 0.5) is 11.6 Å². The van der Waals surface area contributed by atoms with Gasteiger partial charge in [0.15, 0.2) is 0 Å². The minimum absolute atomic E-state index is 0.0762. The molecule has 0 spiro atoms. The normalized spacial score (nSPS) is 15.5. The average Bonchev–Trinajstić information content (AvgIpc) is 2.95. The van der Waals surface area contributed by atoms with Gasteiger partial charge in [-0.1, -0.05) is 54.1 Å². The quantitative estimate of drug-likeness (QED) is 0.295. The van der Waals surface area contributed by atoms with Crippen LogP contribution in [0.25, 0.3) is 0 Å². The van der Waals surface area contributed by atoms with Crippen molar-refractivity contribution in [3.05, 3.63) is 112 Å². The molecule has 2 heterocycles. The molecular weight excluding hydrogens is 556 g/mol. The number of hydrogen-bond acceptors (Lipinski definition) is 7. The highest BCUT2D eigenvalue weighted by Crippen LogP contribution is 2.31. The predicted molar refractivity (Wildman–Crippen MR) is 164 cm³/mol. The van der Waals surface area contributed by atoms with Crippen LogP contribution < -0.4 is 10.0 Å². The third-order valence-electron chi connectivity index (χ3n) is 7.40. The number of primary sulfonamides is 1. The second-order valence-corrected chi connectivity index (χ2v) is 12.4. The van der Waals surface area contributed by atoms with Gasteiger partial charge in [0.25, 0.3) is 0 Å². The second kappa shape index (κ2) is 12.7. The van der Waals surface area contributed by atoms with E-state index >= 15 is 0 Å². The summed E-state index contributed by atoms with van der Waals surface area (Å²) >= 11 is 6.20. The molecule has 1 aromatic heterocycles. The first-order chi connectivity index (χ1) is 19.7. The lowest BCUT2D eigenvalue weighted by atomic mass is 9.96. The summed E-state index contributed by atoms with van der Waals surface area (Å²) in [6.07, 6.45) is 0. The van der Waals surface area contributed by atoms with Gasteiger partial charge < -0.3 is 4.90 Å². The molecule has 0 radical (unpaired) electrons. The van der Waals surface area contributed by atoms with E-state index in [1.807, 2.05) is 43.0 Å². The van der Waals surface area contributed by atoms with Gasteiger partial charge in [-0.3, -0.25) is 9.80 Å². The molecule has 8 nitrogen and oxygen atoms in total. The van der Waals surface area contributed by atoms with Crippen LogP contribution >= 0.6 is 11.6 Å². The Morgan fingerprint density at radius 3 is 2.02 bits per heavy atom. The van der Waals surface area contributed by atoms with Crippen molar-refractivity contribution < 1.29 is 8.42 Å². The summed E-state index contributed by atoms with van der Waals surface area (Å²) in [7, 11) is -3.78. The number of benzene rings is 3. The summed E-state index contributed by atoms with van der Waals surface area (Å²) in [6.45, 7) is 9.03. The van der Waals surface area contributed by atoms with Crippen molar-refractivity contribution in [3.63, 3.8) is 0 Å². The van der Waals surface area contributed by atoms with Crippen molar-refractivity contribution in [1.82, 2.24) is 19.8 Å². The van der Waals surface area contributed by atoms with E-state index in [1.165, 1.54) is 23.3 Å². The molecule has 4 aromatic rings. The Morgan fingerprint density at radius 2 is 1.44 bits per heavy atom. The smallest absolute Gasteiger partial charge is 0.238 e. The highest BCUT2D eigenvalue weighted by Gasteiger charge is 2.27. The molecule has 10 heteroatoms. The van der Waals surface area contributed by atoms with E-state index in [2.05, 4.69) is 56.2 Å². The Bertz CT molecular complexity index is 1540. The lowest BCUT2D eigenvalue weighted by Gasteiger charge is -2.40. The molecule has 5 rings (SSSR count). The monoisotopic (exact) mass is 590 g/mol. The van der Waals surface area contributed by atoms with Crippen molar-refractivity contribution in [3.8, 4) is 0 Å². The molecule has 1 saturated heterocycles. The highest BCUT2D eigenvalue weighted by atomic mass is 35.5. The van der Waals surface area contributed by atoms with Crippen LogP contribution in [-0.4, -0.2) is 67.5 Å². The maximum atomic E-state index is 11.8. The van der Waals surface area contributed by atoms with Gasteiger partial charge in [0.1, 0.15) is 0 Å². The molecule has 0 bridgehead atoms. The topological polar surface area (TPSA) is 95.7 Å². The predicted octanol–water partition coefficient (Wildman–Crippen LogP) is 4.94. The maximum absolute atomic E-state index is 11.8. The Hall–Kier alpha value is -3.34. The van der Waals surface area contributed by atoms with Crippen molar-refractivity contribution in [2.24, 2.45) is 5.14 Å². The molecule has 1 fully saturated rings. The summed E-state index contributed by atoms with van der Waals surface area (Å²) in [6, 6.07) is 27.4. The first-order valence-corrected chi connectivity index (χ1v) is 15.6. The van der Waals surface area contributed by atoms with Gasteiger partial charge in [0.05, 0.1) is 10.9 Å². The summed E-state index contributed by atoms with van der Waals surface area (Å²) in [4.78, 5) is 16.5. The number of hydrogen-bond donors (Lipinski definition) is 1. The van der Waals surface area contributed by atoms with Crippen LogP contribution in [0.1, 0.15) is 28.6 Å². The molecule has 41 heavy (non-hydrogen) atoms. The fourth-order valence-corrected chi connectivity index (χ4v) is 6.01. The van der Waals surface area contributed by atoms with E-state index in [1.54, 1.807) is 12.1 Å². The number of aromatic nitrogens is 2. The van der Waals surface area contributed by atoms with Crippen LogP contribution in [0.2, 0.25) is 5.02 Å². The van der Waals surface area contributed by atoms with Crippen molar-refractivity contribution in [2.75, 3.05) is 44.2 Å². The Morgan fingerprint density at radius 1 is 0.854 bits per heavy atom. The number of anilines is 2. The Balaban J connectivity index is 1.31. The molecule has 0 unspecified atom stereocenters. The summed E-state index contributed by atoms with van der Waals surface area (Å²) < 4.78 is 23.6. The Kier molecular flexibility index (Phi) is 9.01. The zero-order valence-electron chi connectivity index (χ0n) is 23.3. The SMILES string of the molecule is Cc1cc(C)nc(N(CCN2CCN([C@H](c3ccccc3)c3ccc(Cl)cc3)CC2)c2ccc(S(N)(=O)=O)cc2)n1. The van der Waals surface area contributed by atoms with E-state index in [4.69, 9.17) is 16.7 Å². The van der Waals surface area contributed by atoms with Crippen molar-refractivity contribution >= 4 is 33.3 Å². The number of rotatable bonds is 9. The summed E-state index contributed by atoms with van der Waals surface area (Å²) in [5.41, 5.74) is 5.07. The molecule has 0 aliphatic carbocycles. The molecule has 0 saturated carbocycles. The average molecular weight is 591 g/mol. The number of sulfonamides is 1. The molecule has 1 atom stereocenters. The van der Waals surface area contributed by atoms with E-state index in [0.717, 1.165) is 54.8 Å². The van der Waals surface area contributed by atoms with Crippen molar-refractivity contribution in [2.45, 2.75) is 24.8 Å². The van der Waals surface area contributed by atoms with Crippen LogP contribution in [-0.2, 0) is 10.0 Å². The molecule has 214 valence electrons. The molecule has 2 N–H and O–H groups in total. The van der Waals surface area contributed by atoms with E-state index in [-0.39, 0.29) is 10.9 Å². The van der Waals surface area contributed by atoms with Crippen LogP contribution in [0.3, 0.4) is 0 Å². The highest BCUT2D eigenvalue weighted by molar-refractivity contribution is 7.89. The largest absolute Gasteiger partial charge is 0.309 e. The van der Waals surface area contributed by atoms with Crippen LogP contribution in [0.15, 0.2) is 89.8 Å². The van der Waals surface area contributed by atoms with Crippen LogP contribution in [0, 0.1) is 13.8 Å². The minimum Gasteiger partial charge on any atom is -0.309 e. The lowest BCUT2D eigenvalue weighted by molar-refractivity contribution is 0.111. The molecule has 1 aliphatic rings. The fourth-order valence-electron chi connectivity index (χ4n) is 5.37. The van der Waals surface area contributed by atoms with Gasteiger partial charge in [-0.15, -0.1) is 0 Å². The van der Waals surface area contributed by atoms with E-state index < -0.39 is 10.0 Å². The summed E-state index contributed by atoms with van der Waals surface area (Å²) in [5, 5.41) is 6.06. The van der Waals surface area contributed by atoms with Crippen LogP contribution in [0.5, 0.6) is 0 Å². The van der Waals surface area contributed by atoms with E-state index in [9.17, 15) is 8.42 Å². The van der Waals surface area contributed by atoms with Gasteiger partial charge in [-0.05, 0) is 67.4 Å². The fraction of sp³-hybridized carbons (Fsp3) is 0.290. The molecular formula is C31H35ClN6O2S. The third-order valence-corrected chi connectivity index (χ3v) is 8.58. The third kappa shape index (κ3) is 7.30. The first kappa shape index (κ1) is 29.2. The zero-order chi connectivity index (χ0) is 29.0. The zero-order valence-corrected chi connectivity index (χ0v) is 24.9. The van der Waals surface area contributed by atoms with Gasteiger partial charge in [-0.2, -0.15) is 0 Å². The number of nitrogens with zero attached hydrogens (tertiary/aromatic N) is 5. The Labute approximate surface area is 247 Å². The number of aryl methyl sites for hydroxylation is 2. The first-order valence-electron chi connectivity index (χ1n) is 13.7. The maximum Gasteiger partial charge on any atom is 0.238 e. The number of halogens is 1. The van der Waals surface area contributed by atoms with Gasteiger partial charge in [0.2, 0.25) is 16.0 Å². The minimum atomic E-state index is -3.78. The number of nitrogens with two attached hydrogens (primary N) is 1. The molecule has 0 amide bonds. The van der Waals surface area contributed by atoms with Gasteiger partial charge >= 0.3 is 0 Å². The van der Waals surface area contributed by atoms with Crippen molar-refractivity contribution in [1.29, 1.82) is 0 Å². The standard InChI is InChI=1S/C31H35ClN6O2S/c1-23-22-24(2)35-31(34-23)38(28-12-14-29(15-13-28)41(33,39)40)21-18-36-16-19-37(20-17-36)30(25-6-4-3-5-7-25)26-8-10-27(32)11-9-26/h3-15,22,30H,16-21H2,1-2H3,(H2,33,39,40)/t30-/m1/s1.